The van der Waals surface area contributed by atoms with Crippen LogP contribution in [-0.2, 0) is 5.41 Å². The van der Waals surface area contributed by atoms with E-state index >= 15 is 0 Å². The van der Waals surface area contributed by atoms with Gasteiger partial charge in [0.05, 0.1) is 28.1 Å². The van der Waals surface area contributed by atoms with Gasteiger partial charge >= 0.3 is 0 Å². The smallest absolute Gasteiger partial charge is 0.200 e. The standard InChI is InChI=1S/C47H33N5/c1-47(2)37-22-12-9-19-33(37)34-26-25-32(27-38(34)47)41-29-44(52-42-23-13-10-20-35(42)36-21-11-14-24-43(36)52)51-46(50-41)45-48-39(30-15-5-3-6-16-30)28-40(49-45)31-17-7-4-8-18-31/h3-29H,1-2H3. The third-order valence-electron chi connectivity index (χ3n) is 10.5. The summed E-state index contributed by atoms with van der Waals surface area (Å²) in [5, 5.41) is 2.34. The molecule has 3 heterocycles. The first kappa shape index (κ1) is 30.1. The predicted octanol–water partition coefficient (Wildman–Crippen LogP) is 11.3. The highest BCUT2D eigenvalue weighted by molar-refractivity contribution is 6.09. The lowest BCUT2D eigenvalue weighted by Crippen LogP contribution is -2.15. The quantitative estimate of drug-likeness (QED) is 0.183. The molecular formula is C47H33N5. The monoisotopic (exact) mass is 667 g/mol. The van der Waals surface area contributed by atoms with Gasteiger partial charge in [0.15, 0.2) is 11.6 Å². The average molecular weight is 668 g/mol. The van der Waals surface area contributed by atoms with Gasteiger partial charge in [-0.25, -0.2) is 19.9 Å². The van der Waals surface area contributed by atoms with E-state index in [2.05, 4.69) is 140 Å². The molecular weight excluding hydrogens is 635 g/mol. The van der Waals surface area contributed by atoms with Crippen molar-refractivity contribution in [2.45, 2.75) is 19.3 Å². The van der Waals surface area contributed by atoms with Crippen LogP contribution in [0, 0.1) is 0 Å². The van der Waals surface area contributed by atoms with Crippen LogP contribution in [-0.4, -0.2) is 24.5 Å². The number of nitrogens with zero attached hydrogens (tertiary/aromatic N) is 5. The number of rotatable bonds is 5. The number of hydrogen-bond acceptors (Lipinski definition) is 4. The van der Waals surface area contributed by atoms with Gasteiger partial charge in [0.2, 0.25) is 0 Å². The molecule has 1 aliphatic rings. The highest BCUT2D eigenvalue weighted by Crippen LogP contribution is 2.49. The van der Waals surface area contributed by atoms with E-state index in [0.29, 0.717) is 11.6 Å². The predicted molar refractivity (Wildman–Crippen MR) is 211 cm³/mol. The van der Waals surface area contributed by atoms with Crippen LogP contribution in [0.15, 0.2) is 164 Å². The Bertz CT molecular complexity index is 2710. The van der Waals surface area contributed by atoms with Crippen molar-refractivity contribution in [1.29, 1.82) is 0 Å². The summed E-state index contributed by atoms with van der Waals surface area (Å²) in [6.07, 6.45) is 0. The molecule has 5 heteroatoms. The highest BCUT2D eigenvalue weighted by Gasteiger charge is 2.35. The third kappa shape index (κ3) is 4.78. The molecule has 0 saturated carbocycles. The van der Waals surface area contributed by atoms with Crippen molar-refractivity contribution >= 4 is 21.8 Å². The van der Waals surface area contributed by atoms with Crippen LogP contribution in [0.25, 0.3) is 84.2 Å². The fourth-order valence-electron chi connectivity index (χ4n) is 7.89. The molecule has 3 aromatic heterocycles. The largest absolute Gasteiger partial charge is 0.294 e. The normalized spacial score (nSPS) is 13.0. The zero-order valence-electron chi connectivity index (χ0n) is 28.8. The maximum atomic E-state index is 5.30. The fourth-order valence-corrected chi connectivity index (χ4v) is 7.89. The first-order valence-electron chi connectivity index (χ1n) is 17.7. The van der Waals surface area contributed by atoms with Gasteiger partial charge in [-0.3, -0.25) is 4.57 Å². The number of hydrogen-bond donors (Lipinski definition) is 0. The Morgan fingerprint density at radius 3 is 1.54 bits per heavy atom. The lowest BCUT2D eigenvalue weighted by atomic mass is 9.82. The van der Waals surface area contributed by atoms with Crippen LogP contribution < -0.4 is 0 Å². The van der Waals surface area contributed by atoms with Crippen LogP contribution in [0.1, 0.15) is 25.0 Å². The lowest BCUT2D eigenvalue weighted by molar-refractivity contribution is 0.660. The van der Waals surface area contributed by atoms with E-state index in [1.807, 2.05) is 42.5 Å². The average Bonchev–Trinajstić information content (AvgIpc) is 3.66. The number of fused-ring (bicyclic) bond motifs is 6. The van der Waals surface area contributed by atoms with E-state index in [0.717, 1.165) is 50.6 Å². The Morgan fingerprint density at radius 2 is 0.904 bits per heavy atom. The Kier molecular flexibility index (Phi) is 6.77. The van der Waals surface area contributed by atoms with E-state index in [1.165, 1.54) is 33.0 Å². The van der Waals surface area contributed by atoms with Gasteiger partial charge in [-0.1, -0.05) is 147 Å². The molecule has 6 aromatic carbocycles. The van der Waals surface area contributed by atoms with Crippen molar-refractivity contribution < 1.29 is 0 Å². The van der Waals surface area contributed by atoms with Crippen molar-refractivity contribution in [3.8, 4) is 62.4 Å². The molecule has 0 spiro atoms. The second-order valence-electron chi connectivity index (χ2n) is 13.9. The van der Waals surface area contributed by atoms with E-state index in [9.17, 15) is 0 Å². The Labute approximate surface area is 302 Å². The molecule has 10 rings (SSSR count). The summed E-state index contributed by atoms with van der Waals surface area (Å²) in [5.74, 6) is 1.70. The zero-order valence-corrected chi connectivity index (χ0v) is 28.8. The molecule has 0 amide bonds. The fraction of sp³-hybridized carbons (Fsp3) is 0.0638. The SMILES string of the molecule is CC1(C)c2ccccc2-c2ccc(-c3cc(-n4c5ccccc5c5ccccc54)nc(-c4nc(-c5ccccc5)cc(-c5ccccc5)n4)n3)cc21. The van der Waals surface area contributed by atoms with E-state index < -0.39 is 0 Å². The van der Waals surface area contributed by atoms with Crippen molar-refractivity contribution in [3.05, 3.63) is 175 Å². The second-order valence-corrected chi connectivity index (χ2v) is 13.9. The Balaban J connectivity index is 1.24. The summed E-state index contributed by atoms with van der Waals surface area (Å²) < 4.78 is 2.24. The van der Waals surface area contributed by atoms with E-state index in [4.69, 9.17) is 19.9 Å². The van der Waals surface area contributed by atoms with Crippen molar-refractivity contribution in [2.75, 3.05) is 0 Å². The van der Waals surface area contributed by atoms with Crippen LogP contribution >= 0.6 is 0 Å². The maximum absolute atomic E-state index is 5.30. The van der Waals surface area contributed by atoms with Gasteiger partial charge in [0.1, 0.15) is 5.82 Å². The molecule has 0 saturated heterocycles. The molecule has 0 aliphatic heterocycles. The maximum Gasteiger partial charge on any atom is 0.200 e. The first-order chi connectivity index (χ1) is 25.5. The van der Waals surface area contributed by atoms with Gasteiger partial charge in [0.25, 0.3) is 0 Å². The van der Waals surface area contributed by atoms with Crippen LogP contribution in [0.5, 0.6) is 0 Å². The molecule has 0 unspecified atom stereocenters. The Hall–Kier alpha value is -6.72. The van der Waals surface area contributed by atoms with Crippen LogP contribution in [0.4, 0.5) is 0 Å². The van der Waals surface area contributed by atoms with Gasteiger partial charge in [-0.15, -0.1) is 0 Å². The minimum absolute atomic E-state index is 0.148. The lowest BCUT2D eigenvalue weighted by Gasteiger charge is -2.22. The molecule has 0 bridgehead atoms. The first-order valence-corrected chi connectivity index (χ1v) is 17.7. The molecule has 52 heavy (non-hydrogen) atoms. The third-order valence-corrected chi connectivity index (χ3v) is 10.5. The summed E-state index contributed by atoms with van der Waals surface area (Å²) in [6, 6.07) is 57.1. The second kappa shape index (κ2) is 11.7. The van der Waals surface area contributed by atoms with E-state index in [1.54, 1.807) is 0 Å². The summed E-state index contributed by atoms with van der Waals surface area (Å²) in [7, 11) is 0. The minimum atomic E-state index is -0.148. The molecule has 246 valence electrons. The van der Waals surface area contributed by atoms with Gasteiger partial charge in [-0.05, 0) is 46.5 Å². The van der Waals surface area contributed by atoms with Gasteiger partial charge in [0, 0.05) is 38.9 Å². The summed E-state index contributed by atoms with van der Waals surface area (Å²) >= 11 is 0. The highest BCUT2D eigenvalue weighted by atomic mass is 15.1. The summed E-state index contributed by atoms with van der Waals surface area (Å²) in [4.78, 5) is 20.9. The zero-order chi connectivity index (χ0) is 34.8. The molecule has 0 radical (unpaired) electrons. The van der Waals surface area contributed by atoms with Crippen LogP contribution in [0.3, 0.4) is 0 Å². The molecule has 0 atom stereocenters. The van der Waals surface area contributed by atoms with Crippen molar-refractivity contribution in [1.82, 2.24) is 24.5 Å². The minimum Gasteiger partial charge on any atom is -0.294 e. The van der Waals surface area contributed by atoms with Crippen molar-refractivity contribution in [2.24, 2.45) is 0 Å². The molecule has 1 aliphatic carbocycles. The van der Waals surface area contributed by atoms with Crippen LogP contribution in [0.2, 0.25) is 0 Å². The van der Waals surface area contributed by atoms with Gasteiger partial charge in [-0.2, -0.15) is 0 Å². The molecule has 9 aromatic rings. The molecule has 0 N–H and O–H groups in total. The Morgan fingerprint density at radius 1 is 0.404 bits per heavy atom. The number of benzene rings is 6. The molecule has 0 fully saturated rings. The van der Waals surface area contributed by atoms with E-state index in [-0.39, 0.29) is 5.41 Å². The summed E-state index contributed by atoms with van der Waals surface area (Å²) in [6.45, 7) is 4.62. The number of para-hydroxylation sites is 2. The number of aromatic nitrogens is 5. The summed E-state index contributed by atoms with van der Waals surface area (Å²) in [5.41, 5.74) is 12.7. The van der Waals surface area contributed by atoms with Gasteiger partial charge < -0.3 is 0 Å². The van der Waals surface area contributed by atoms with Crippen molar-refractivity contribution in [3.63, 3.8) is 0 Å². The topological polar surface area (TPSA) is 56.5 Å². The molecule has 5 nitrogen and oxygen atoms in total.